The molecule has 40 heavy (non-hydrogen) atoms. The molecule has 202 valence electrons. The molecule has 4 aromatic carbocycles. The third-order valence-corrected chi connectivity index (χ3v) is 6.73. The molecule has 0 aliphatic carbocycles. The van der Waals surface area contributed by atoms with Gasteiger partial charge in [-0.15, -0.1) is 0 Å². The zero-order valence-corrected chi connectivity index (χ0v) is 22.9. The fraction of sp³-hybridized carbons (Fsp3) is 0.182. The van der Waals surface area contributed by atoms with Crippen LogP contribution in [-0.2, 0) is 6.61 Å². The summed E-state index contributed by atoms with van der Waals surface area (Å²) in [6.07, 6.45) is 1.60. The Morgan fingerprint density at radius 2 is 1.70 bits per heavy atom. The number of para-hydroxylation sites is 2. The first-order valence-corrected chi connectivity index (χ1v) is 13.1. The molecule has 0 unspecified atom stereocenters. The summed E-state index contributed by atoms with van der Waals surface area (Å²) in [5, 5.41) is 5.12. The molecule has 7 heteroatoms. The second kappa shape index (κ2) is 11.5. The van der Waals surface area contributed by atoms with Crippen LogP contribution in [0.4, 0.5) is 4.39 Å². The number of hydrogen-bond donors (Lipinski definition) is 0. The molecule has 6 nitrogen and oxygen atoms in total. The van der Waals surface area contributed by atoms with Crippen LogP contribution in [0.1, 0.15) is 42.0 Å². The van der Waals surface area contributed by atoms with Crippen molar-refractivity contribution in [2.45, 2.75) is 33.3 Å². The highest BCUT2D eigenvalue weighted by molar-refractivity contribution is 5.84. The number of rotatable bonds is 8. The van der Waals surface area contributed by atoms with E-state index >= 15 is 0 Å². The molecule has 1 heterocycles. The summed E-state index contributed by atoms with van der Waals surface area (Å²) in [5.74, 6) is 1.72. The Bertz CT molecular complexity index is 1760. The first-order valence-electron chi connectivity index (χ1n) is 13.1. The molecular formula is C33H30FN3O3. The molecular weight excluding hydrogens is 505 g/mol. The third kappa shape index (κ3) is 5.50. The van der Waals surface area contributed by atoms with Gasteiger partial charge in [-0.25, -0.2) is 9.37 Å². The molecule has 5 rings (SSSR count). The monoisotopic (exact) mass is 535 g/mol. The van der Waals surface area contributed by atoms with Gasteiger partial charge in [-0.2, -0.15) is 9.78 Å². The number of benzene rings is 4. The van der Waals surface area contributed by atoms with Crippen LogP contribution in [0.2, 0.25) is 0 Å². The van der Waals surface area contributed by atoms with Crippen molar-refractivity contribution in [3.8, 4) is 22.9 Å². The standard InChI is InChI=1S/C33H30FN3O3/c1-21(2)27-18-28(22(3)17-31(27)39-4)32-36-29-11-7-6-10-26(29)33(38)37(32)35-19-24-9-5-8-12-30(24)40-20-23-13-15-25(34)16-14-23/h5-19,21H,20H2,1-4H3. The summed E-state index contributed by atoms with van der Waals surface area (Å²) < 4.78 is 26.3. The van der Waals surface area contributed by atoms with Gasteiger partial charge >= 0.3 is 0 Å². The van der Waals surface area contributed by atoms with Gasteiger partial charge in [-0.05, 0) is 78.1 Å². The van der Waals surface area contributed by atoms with Crippen LogP contribution in [0.25, 0.3) is 22.3 Å². The Labute approximate surface area is 232 Å². The van der Waals surface area contributed by atoms with Gasteiger partial charge < -0.3 is 9.47 Å². The maximum atomic E-state index is 13.7. The van der Waals surface area contributed by atoms with E-state index < -0.39 is 0 Å². The lowest BCUT2D eigenvalue weighted by atomic mass is 9.96. The van der Waals surface area contributed by atoms with E-state index in [1.807, 2.05) is 61.5 Å². The molecule has 0 aliphatic heterocycles. The minimum Gasteiger partial charge on any atom is -0.496 e. The lowest BCUT2D eigenvalue weighted by Gasteiger charge is -2.17. The van der Waals surface area contributed by atoms with Crippen LogP contribution in [0.15, 0.2) is 94.8 Å². The Hall–Kier alpha value is -4.78. The number of methoxy groups -OCH3 is 1. The molecule has 0 aliphatic rings. The van der Waals surface area contributed by atoms with Crippen molar-refractivity contribution in [3.05, 3.63) is 123 Å². The van der Waals surface area contributed by atoms with Gasteiger partial charge in [0.1, 0.15) is 23.9 Å². The van der Waals surface area contributed by atoms with Gasteiger partial charge in [-0.3, -0.25) is 4.79 Å². The smallest absolute Gasteiger partial charge is 0.282 e. The quantitative estimate of drug-likeness (QED) is 0.199. The third-order valence-electron chi connectivity index (χ3n) is 6.73. The van der Waals surface area contributed by atoms with E-state index in [1.54, 1.807) is 31.5 Å². The molecule has 0 saturated heterocycles. The minimum absolute atomic E-state index is 0.198. The van der Waals surface area contributed by atoms with Crippen LogP contribution in [-0.4, -0.2) is 23.0 Å². The maximum absolute atomic E-state index is 13.7. The molecule has 0 radical (unpaired) electrons. The number of nitrogens with zero attached hydrogens (tertiary/aromatic N) is 3. The second-order valence-corrected chi connectivity index (χ2v) is 9.83. The highest BCUT2D eigenvalue weighted by Crippen LogP contribution is 2.34. The Kier molecular flexibility index (Phi) is 7.73. The van der Waals surface area contributed by atoms with Crippen molar-refractivity contribution >= 4 is 17.1 Å². The molecule has 0 saturated carbocycles. The molecule has 1 aromatic heterocycles. The summed E-state index contributed by atoms with van der Waals surface area (Å²) in [4.78, 5) is 18.6. The lowest BCUT2D eigenvalue weighted by molar-refractivity contribution is 0.305. The Morgan fingerprint density at radius 1 is 0.975 bits per heavy atom. The van der Waals surface area contributed by atoms with Gasteiger partial charge in [-0.1, -0.05) is 50.2 Å². The highest BCUT2D eigenvalue weighted by atomic mass is 19.1. The van der Waals surface area contributed by atoms with E-state index in [2.05, 4.69) is 18.9 Å². The first-order chi connectivity index (χ1) is 19.4. The van der Waals surface area contributed by atoms with E-state index in [4.69, 9.17) is 14.5 Å². The Morgan fingerprint density at radius 3 is 2.45 bits per heavy atom. The van der Waals surface area contributed by atoms with E-state index in [0.29, 0.717) is 28.0 Å². The van der Waals surface area contributed by atoms with Crippen LogP contribution >= 0.6 is 0 Å². The highest BCUT2D eigenvalue weighted by Gasteiger charge is 2.18. The van der Waals surface area contributed by atoms with Crippen molar-refractivity contribution in [1.82, 2.24) is 9.66 Å². The van der Waals surface area contributed by atoms with Crippen LogP contribution in [0, 0.1) is 12.7 Å². The zero-order chi connectivity index (χ0) is 28.2. The lowest BCUT2D eigenvalue weighted by Crippen LogP contribution is -2.21. The van der Waals surface area contributed by atoms with Crippen molar-refractivity contribution in [1.29, 1.82) is 0 Å². The molecule has 5 aromatic rings. The second-order valence-electron chi connectivity index (χ2n) is 9.83. The average Bonchev–Trinajstić information content (AvgIpc) is 2.96. The topological polar surface area (TPSA) is 65.7 Å². The predicted molar refractivity (Wildman–Crippen MR) is 157 cm³/mol. The number of halogens is 1. The van der Waals surface area contributed by atoms with E-state index in [1.165, 1.54) is 16.8 Å². The molecule has 0 spiro atoms. The zero-order valence-electron chi connectivity index (χ0n) is 22.9. The minimum atomic E-state index is -0.297. The first kappa shape index (κ1) is 26.8. The number of fused-ring (bicyclic) bond motifs is 1. The molecule has 0 amide bonds. The van der Waals surface area contributed by atoms with E-state index in [0.717, 1.165) is 28.0 Å². The predicted octanol–water partition coefficient (Wildman–Crippen LogP) is 7.10. The number of ether oxygens (including phenoxy) is 2. The van der Waals surface area contributed by atoms with Crippen molar-refractivity contribution < 1.29 is 13.9 Å². The van der Waals surface area contributed by atoms with Crippen molar-refractivity contribution in [2.75, 3.05) is 7.11 Å². The van der Waals surface area contributed by atoms with Gasteiger partial charge in [0.15, 0.2) is 5.82 Å². The fourth-order valence-corrected chi connectivity index (χ4v) is 4.55. The molecule has 0 fully saturated rings. The number of hydrogen-bond acceptors (Lipinski definition) is 5. The summed E-state index contributed by atoms with van der Waals surface area (Å²) >= 11 is 0. The number of aryl methyl sites for hydroxylation is 1. The van der Waals surface area contributed by atoms with E-state index in [9.17, 15) is 9.18 Å². The molecule has 0 bridgehead atoms. The summed E-state index contributed by atoms with van der Waals surface area (Å²) in [6.45, 7) is 6.42. The SMILES string of the molecule is COc1cc(C)c(-c2nc3ccccc3c(=O)n2N=Cc2ccccc2OCc2ccc(F)cc2)cc1C(C)C. The van der Waals surface area contributed by atoms with Crippen molar-refractivity contribution in [2.24, 2.45) is 5.10 Å². The van der Waals surface area contributed by atoms with Crippen LogP contribution in [0.3, 0.4) is 0 Å². The summed E-state index contributed by atoms with van der Waals surface area (Å²) in [7, 11) is 1.66. The van der Waals surface area contributed by atoms with Gasteiger partial charge in [0, 0.05) is 11.1 Å². The summed E-state index contributed by atoms with van der Waals surface area (Å²) in [6, 6.07) is 24.8. The normalized spacial score (nSPS) is 11.4. The van der Waals surface area contributed by atoms with Crippen molar-refractivity contribution in [3.63, 3.8) is 0 Å². The van der Waals surface area contributed by atoms with Crippen LogP contribution < -0.4 is 15.0 Å². The van der Waals surface area contributed by atoms with Gasteiger partial charge in [0.2, 0.25) is 0 Å². The number of aromatic nitrogens is 2. The summed E-state index contributed by atoms with van der Waals surface area (Å²) in [5.41, 5.74) is 4.56. The molecule has 0 atom stereocenters. The fourth-order valence-electron chi connectivity index (χ4n) is 4.55. The largest absolute Gasteiger partial charge is 0.496 e. The maximum Gasteiger partial charge on any atom is 0.282 e. The van der Waals surface area contributed by atoms with E-state index in [-0.39, 0.29) is 23.9 Å². The molecule has 0 N–H and O–H groups in total. The van der Waals surface area contributed by atoms with Crippen LogP contribution in [0.5, 0.6) is 11.5 Å². The average molecular weight is 536 g/mol. The Balaban J connectivity index is 1.61. The van der Waals surface area contributed by atoms with Gasteiger partial charge in [0.05, 0.1) is 24.2 Å². The van der Waals surface area contributed by atoms with Gasteiger partial charge in [0.25, 0.3) is 5.56 Å².